The van der Waals surface area contributed by atoms with Gasteiger partial charge in [-0.25, -0.2) is 0 Å². The van der Waals surface area contributed by atoms with Crippen molar-refractivity contribution in [3.8, 4) is 11.4 Å². The number of anilines is 1. The minimum atomic E-state index is -4.46. The van der Waals surface area contributed by atoms with Crippen molar-refractivity contribution in [2.75, 3.05) is 11.4 Å². The first-order valence-electron chi connectivity index (χ1n) is 8.71. The van der Waals surface area contributed by atoms with Gasteiger partial charge in [0.25, 0.3) is 5.91 Å². The topological polar surface area (TPSA) is 63.9 Å². The van der Waals surface area contributed by atoms with Gasteiger partial charge in [0.15, 0.2) is 0 Å². The van der Waals surface area contributed by atoms with E-state index in [1.54, 1.807) is 11.8 Å². The molecule has 1 aliphatic heterocycles. The van der Waals surface area contributed by atoms with Gasteiger partial charge < -0.3 is 4.90 Å². The Morgan fingerprint density at radius 2 is 1.93 bits per heavy atom. The fourth-order valence-corrected chi connectivity index (χ4v) is 3.23. The minimum Gasteiger partial charge on any atom is -0.310 e. The number of rotatable bonds is 3. The molecule has 4 rings (SSSR count). The van der Waals surface area contributed by atoms with Crippen LogP contribution in [0.2, 0.25) is 0 Å². The molecule has 144 valence electrons. The van der Waals surface area contributed by atoms with Crippen LogP contribution in [0.5, 0.6) is 0 Å². The van der Waals surface area contributed by atoms with Gasteiger partial charge in [-0.15, -0.1) is 10.2 Å². The van der Waals surface area contributed by atoms with Crippen molar-refractivity contribution in [3.05, 3.63) is 59.7 Å². The molecule has 0 bridgehead atoms. The molecular formula is C19H16F3N5O. The molecule has 0 fully saturated rings. The van der Waals surface area contributed by atoms with Crippen molar-refractivity contribution < 1.29 is 18.0 Å². The average molecular weight is 387 g/mol. The first kappa shape index (κ1) is 18.1. The van der Waals surface area contributed by atoms with E-state index in [-0.39, 0.29) is 17.3 Å². The lowest BCUT2D eigenvalue weighted by Crippen LogP contribution is -2.35. The van der Waals surface area contributed by atoms with E-state index in [4.69, 9.17) is 0 Å². The zero-order chi connectivity index (χ0) is 19.9. The van der Waals surface area contributed by atoms with Crippen molar-refractivity contribution in [1.29, 1.82) is 0 Å². The van der Waals surface area contributed by atoms with Crippen LogP contribution in [0.3, 0.4) is 0 Å². The molecule has 1 aromatic heterocycles. The second-order valence-electron chi connectivity index (χ2n) is 6.56. The smallest absolute Gasteiger partial charge is 0.310 e. The number of hydrogen-bond acceptors (Lipinski definition) is 4. The predicted molar refractivity (Wildman–Crippen MR) is 95.5 cm³/mol. The lowest BCUT2D eigenvalue weighted by Gasteiger charge is -2.20. The molecule has 6 nitrogen and oxygen atoms in total. The lowest BCUT2D eigenvalue weighted by atomic mass is 10.1. The lowest BCUT2D eigenvalue weighted by molar-refractivity contribution is -0.137. The summed E-state index contributed by atoms with van der Waals surface area (Å²) in [4.78, 5) is 15.7. The van der Waals surface area contributed by atoms with Gasteiger partial charge in [0, 0.05) is 17.8 Å². The van der Waals surface area contributed by atoms with Crippen molar-refractivity contribution in [2.24, 2.45) is 0 Å². The first-order chi connectivity index (χ1) is 13.3. The third-order valence-corrected chi connectivity index (χ3v) is 4.73. The molecule has 2 heterocycles. The molecule has 1 aliphatic rings. The summed E-state index contributed by atoms with van der Waals surface area (Å²) in [6, 6.07) is 11.6. The second kappa shape index (κ2) is 6.74. The Morgan fingerprint density at radius 3 is 2.71 bits per heavy atom. The number of benzene rings is 2. The monoisotopic (exact) mass is 387 g/mol. The molecule has 3 aromatic rings. The van der Waals surface area contributed by atoms with Crippen molar-refractivity contribution in [3.63, 3.8) is 0 Å². The van der Waals surface area contributed by atoms with E-state index in [2.05, 4.69) is 15.4 Å². The Bertz CT molecular complexity index is 1030. The summed E-state index contributed by atoms with van der Waals surface area (Å²) in [5.74, 6) is -0.162. The predicted octanol–water partition coefficient (Wildman–Crippen LogP) is 3.51. The number of halogens is 3. The Balaban J connectivity index is 1.57. The summed E-state index contributed by atoms with van der Waals surface area (Å²) in [7, 11) is 0. The van der Waals surface area contributed by atoms with Gasteiger partial charge in [0.05, 0.1) is 5.56 Å². The highest BCUT2D eigenvalue weighted by molar-refractivity contribution is 5.97. The molecule has 0 radical (unpaired) electrons. The number of fused-ring (bicyclic) bond motifs is 1. The van der Waals surface area contributed by atoms with Gasteiger partial charge in [-0.3, -0.25) is 4.79 Å². The van der Waals surface area contributed by atoms with Gasteiger partial charge in [-0.05, 0) is 42.3 Å². The molecule has 0 spiro atoms. The quantitative estimate of drug-likeness (QED) is 0.690. The van der Waals surface area contributed by atoms with E-state index in [0.717, 1.165) is 34.6 Å². The van der Waals surface area contributed by atoms with E-state index < -0.39 is 17.8 Å². The van der Waals surface area contributed by atoms with Crippen LogP contribution >= 0.6 is 0 Å². The molecular weight excluding hydrogens is 371 g/mol. The molecule has 0 saturated heterocycles. The summed E-state index contributed by atoms with van der Waals surface area (Å²) in [5.41, 5.74) is 1.35. The number of tetrazole rings is 1. The van der Waals surface area contributed by atoms with Crippen LogP contribution in [-0.2, 0) is 17.4 Å². The summed E-state index contributed by atoms with van der Waals surface area (Å²) < 4.78 is 38.7. The Morgan fingerprint density at radius 1 is 1.14 bits per heavy atom. The Hall–Kier alpha value is -3.23. The highest BCUT2D eigenvalue weighted by Gasteiger charge is 2.32. The van der Waals surface area contributed by atoms with Crippen LogP contribution in [0, 0.1) is 0 Å². The van der Waals surface area contributed by atoms with Gasteiger partial charge in [-0.2, -0.15) is 18.0 Å². The van der Waals surface area contributed by atoms with Crippen LogP contribution in [0.25, 0.3) is 11.4 Å². The number of amides is 1. The molecule has 0 aliphatic carbocycles. The van der Waals surface area contributed by atoms with E-state index in [0.29, 0.717) is 6.54 Å². The normalized spacial score (nSPS) is 14.8. The SMILES string of the molecule is CC(C(=O)N1CCc2ccccc21)n1nnc(-c2cccc(C(F)(F)F)c2)n1. The number of aromatic nitrogens is 4. The van der Waals surface area contributed by atoms with Gasteiger partial charge in [0.1, 0.15) is 6.04 Å². The van der Waals surface area contributed by atoms with E-state index in [9.17, 15) is 18.0 Å². The third kappa shape index (κ3) is 3.23. The summed E-state index contributed by atoms with van der Waals surface area (Å²) in [5, 5.41) is 11.8. The number of alkyl halides is 3. The van der Waals surface area contributed by atoms with Crippen LogP contribution in [-0.4, -0.2) is 32.7 Å². The summed E-state index contributed by atoms with van der Waals surface area (Å²) in [6.07, 6.45) is -3.69. The highest BCUT2D eigenvalue weighted by Crippen LogP contribution is 2.32. The van der Waals surface area contributed by atoms with Crippen LogP contribution in [0.4, 0.5) is 18.9 Å². The number of para-hydroxylation sites is 1. The molecule has 9 heteroatoms. The minimum absolute atomic E-state index is 0.0348. The maximum absolute atomic E-state index is 12.9. The van der Waals surface area contributed by atoms with Crippen LogP contribution in [0.15, 0.2) is 48.5 Å². The Kier molecular flexibility index (Phi) is 4.37. The molecule has 2 aromatic carbocycles. The summed E-state index contributed by atoms with van der Waals surface area (Å²) in [6.45, 7) is 2.21. The molecule has 1 amide bonds. The van der Waals surface area contributed by atoms with Crippen LogP contribution in [0.1, 0.15) is 24.1 Å². The van der Waals surface area contributed by atoms with Gasteiger partial charge >= 0.3 is 6.18 Å². The number of carbonyl (C=O) groups excluding carboxylic acids is 1. The first-order valence-corrected chi connectivity index (χ1v) is 8.71. The average Bonchev–Trinajstić information content (AvgIpc) is 3.34. The fraction of sp³-hybridized carbons (Fsp3) is 0.263. The maximum Gasteiger partial charge on any atom is 0.416 e. The molecule has 0 saturated carbocycles. The highest BCUT2D eigenvalue weighted by atomic mass is 19.4. The number of hydrogen-bond donors (Lipinski definition) is 0. The van der Waals surface area contributed by atoms with Crippen LogP contribution < -0.4 is 4.90 Å². The van der Waals surface area contributed by atoms with Gasteiger partial charge in [-0.1, -0.05) is 30.3 Å². The molecule has 28 heavy (non-hydrogen) atoms. The Labute approximate surface area is 158 Å². The largest absolute Gasteiger partial charge is 0.416 e. The third-order valence-electron chi connectivity index (χ3n) is 4.73. The number of carbonyl (C=O) groups is 1. The summed E-state index contributed by atoms with van der Waals surface area (Å²) >= 11 is 0. The van der Waals surface area contributed by atoms with E-state index >= 15 is 0 Å². The van der Waals surface area contributed by atoms with E-state index in [1.807, 2.05) is 24.3 Å². The molecule has 1 atom stereocenters. The van der Waals surface area contributed by atoms with E-state index in [1.165, 1.54) is 12.1 Å². The van der Waals surface area contributed by atoms with Crippen molar-refractivity contribution in [1.82, 2.24) is 20.2 Å². The maximum atomic E-state index is 12.9. The zero-order valence-corrected chi connectivity index (χ0v) is 14.9. The fourth-order valence-electron chi connectivity index (χ4n) is 3.23. The van der Waals surface area contributed by atoms with Crippen molar-refractivity contribution >= 4 is 11.6 Å². The molecule has 1 unspecified atom stereocenters. The standard InChI is InChI=1S/C19H16F3N5O/c1-12(18(28)26-10-9-13-5-2-3-8-16(13)26)27-24-17(23-25-27)14-6-4-7-15(11-14)19(20,21)22/h2-8,11-12H,9-10H2,1H3. The van der Waals surface area contributed by atoms with Crippen molar-refractivity contribution in [2.45, 2.75) is 25.6 Å². The zero-order valence-electron chi connectivity index (χ0n) is 14.9. The van der Waals surface area contributed by atoms with Gasteiger partial charge in [0.2, 0.25) is 5.82 Å². The second-order valence-corrected chi connectivity index (χ2v) is 6.56. The number of nitrogens with zero attached hydrogens (tertiary/aromatic N) is 5. The molecule has 0 N–H and O–H groups in total.